The summed E-state index contributed by atoms with van der Waals surface area (Å²) in [6.45, 7) is 2.55. The molecule has 0 saturated carbocycles. The first kappa shape index (κ1) is 12.8. The molecule has 0 spiro atoms. The van der Waals surface area contributed by atoms with Gasteiger partial charge in [0, 0.05) is 28.0 Å². The molecule has 0 aromatic carbocycles. The monoisotopic (exact) mass is 278 g/mol. The van der Waals surface area contributed by atoms with Crippen molar-refractivity contribution in [3.63, 3.8) is 0 Å². The fourth-order valence-corrected chi connectivity index (χ4v) is 1.94. The zero-order valence-corrected chi connectivity index (χ0v) is 11.0. The summed E-state index contributed by atoms with van der Waals surface area (Å²) < 4.78 is 40.1. The highest BCUT2D eigenvalue weighted by Crippen LogP contribution is 2.23. The molecule has 4 atom stereocenters. The van der Waals surface area contributed by atoms with Crippen LogP contribution in [-0.4, -0.2) is 63.7 Å². The smallest absolute Gasteiger partial charge is 0.303 e. The first-order chi connectivity index (χ1) is 9.99. The van der Waals surface area contributed by atoms with Crippen LogP contribution in [0.5, 0.6) is 0 Å². The topological polar surface area (TPSA) is 80.3 Å². The summed E-state index contributed by atoms with van der Waals surface area (Å²) in [5.41, 5.74) is 0. The number of methoxy groups -OCH3 is 2. The number of hydrogen-bond donors (Lipinski definition) is 0. The summed E-state index contributed by atoms with van der Waals surface area (Å²) in [5, 5.41) is 0. The van der Waals surface area contributed by atoms with Crippen LogP contribution < -0.4 is 0 Å². The Balaban J connectivity index is 2.86. The van der Waals surface area contributed by atoms with Gasteiger partial charge in [0.2, 0.25) is 0 Å². The third kappa shape index (κ3) is 4.45. The molecule has 1 saturated heterocycles. The largest absolute Gasteiger partial charge is 0.457 e. The molecule has 110 valence electrons. The molecule has 1 rings (SSSR count). The van der Waals surface area contributed by atoms with E-state index in [1.807, 2.05) is 0 Å². The Labute approximate surface area is 114 Å². The van der Waals surface area contributed by atoms with Crippen molar-refractivity contribution in [2.75, 3.05) is 27.4 Å². The summed E-state index contributed by atoms with van der Waals surface area (Å²) >= 11 is 0. The second kappa shape index (κ2) is 7.42. The molecule has 1 aliphatic heterocycles. The fraction of sp³-hybridized carbons (Fsp3) is 0.833. The van der Waals surface area contributed by atoms with Crippen molar-refractivity contribution >= 4 is 11.9 Å². The molecule has 0 bridgehead atoms. The van der Waals surface area contributed by atoms with Gasteiger partial charge in [0.25, 0.3) is 0 Å². The minimum Gasteiger partial charge on any atom is -0.457 e. The Morgan fingerprint density at radius 2 is 1.95 bits per heavy atom. The van der Waals surface area contributed by atoms with Gasteiger partial charge in [0.15, 0.2) is 12.2 Å². The molecule has 0 amide bonds. The number of carbonyl (C=O) groups excluding carboxylic acids is 2. The van der Waals surface area contributed by atoms with Crippen LogP contribution >= 0.6 is 0 Å². The molecule has 1 fully saturated rings. The van der Waals surface area contributed by atoms with Gasteiger partial charge in [-0.1, -0.05) is 0 Å². The lowest BCUT2D eigenvalue weighted by Gasteiger charge is -2.40. The first-order valence-corrected chi connectivity index (χ1v) is 5.73. The Hall–Kier alpha value is -1.18. The zero-order chi connectivity index (χ0) is 15.8. The van der Waals surface area contributed by atoms with Crippen LogP contribution in [0.3, 0.4) is 0 Å². The molecule has 1 heterocycles. The molecule has 0 aromatic rings. The summed E-state index contributed by atoms with van der Waals surface area (Å²) in [4.78, 5) is 22.4. The Bertz CT molecular complexity index is 352. The van der Waals surface area contributed by atoms with E-state index in [0.29, 0.717) is 0 Å². The van der Waals surface area contributed by atoms with Crippen LogP contribution in [0.15, 0.2) is 0 Å². The lowest BCUT2D eigenvalue weighted by molar-refractivity contribution is -0.227. The van der Waals surface area contributed by atoms with E-state index >= 15 is 0 Å². The van der Waals surface area contributed by atoms with E-state index < -0.39 is 36.4 Å². The van der Waals surface area contributed by atoms with Crippen LogP contribution in [0, 0.1) is 0 Å². The minimum absolute atomic E-state index is 0.0338. The highest BCUT2D eigenvalue weighted by Gasteiger charge is 2.44. The van der Waals surface area contributed by atoms with E-state index in [1.165, 1.54) is 13.8 Å². The van der Waals surface area contributed by atoms with Crippen LogP contribution in [0.4, 0.5) is 0 Å². The van der Waals surface area contributed by atoms with Gasteiger partial charge in [-0.2, -0.15) is 0 Å². The summed E-state index contributed by atoms with van der Waals surface area (Å²) in [6, 6.07) is 0. The van der Waals surface area contributed by atoms with Gasteiger partial charge in [-0.15, -0.1) is 0 Å². The summed E-state index contributed by atoms with van der Waals surface area (Å²) in [6.07, 6.45) is -3.12. The van der Waals surface area contributed by atoms with Gasteiger partial charge in [0.1, 0.15) is 12.2 Å². The Morgan fingerprint density at radius 3 is 2.53 bits per heavy atom. The number of carbonyl (C=O) groups is 2. The van der Waals surface area contributed by atoms with Gasteiger partial charge in [-0.05, 0) is 0 Å². The quantitative estimate of drug-likeness (QED) is 0.650. The maximum atomic E-state index is 11.2. The van der Waals surface area contributed by atoms with Gasteiger partial charge < -0.3 is 23.7 Å². The molecule has 7 heteroatoms. The van der Waals surface area contributed by atoms with E-state index in [4.69, 9.17) is 26.4 Å². The highest BCUT2D eigenvalue weighted by atomic mass is 16.6. The number of esters is 2. The maximum absolute atomic E-state index is 11.2. The number of ether oxygens (including phenoxy) is 5. The molecule has 0 aromatic heterocycles. The molecule has 0 aliphatic carbocycles. The summed E-state index contributed by atoms with van der Waals surface area (Å²) in [5.74, 6) is -1.08. The lowest BCUT2D eigenvalue weighted by Crippen LogP contribution is -2.57. The predicted molar refractivity (Wildman–Crippen MR) is 63.5 cm³/mol. The van der Waals surface area contributed by atoms with Gasteiger partial charge in [-0.25, -0.2) is 0 Å². The van der Waals surface area contributed by atoms with Crippen molar-refractivity contribution in [2.45, 2.75) is 38.3 Å². The van der Waals surface area contributed by atoms with E-state index in [1.54, 1.807) is 0 Å². The molecular formula is C12H20O7. The highest BCUT2D eigenvalue weighted by molar-refractivity contribution is 5.67. The van der Waals surface area contributed by atoms with Crippen LogP contribution in [0.1, 0.15) is 16.6 Å². The average molecular weight is 278 g/mol. The third-order valence-electron chi connectivity index (χ3n) is 2.63. The summed E-state index contributed by atoms with van der Waals surface area (Å²) in [7, 11) is -0.643. The number of rotatable bonds is 5. The van der Waals surface area contributed by atoms with Crippen molar-refractivity contribution in [2.24, 2.45) is 0 Å². The van der Waals surface area contributed by atoms with Crippen LogP contribution in [0.2, 0.25) is 0 Å². The predicted octanol–water partition coefficient (Wildman–Crippen LogP) is -0.0900. The van der Waals surface area contributed by atoms with Crippen molar-refractivity contribution in [3.05, 3.63) is 0 Å². The van der Waals surface area contributed by atoms with Crippen molar-refractivity contribution in [1.82, 2.24) is 0 Å². The fourth-order valence-electron chi connectivity index (χ4n) is 1.94. The second-order valence-corrected chi connectivity index (χ2v) is 4.10. The SMILES string of the molecule is [2H]COC[C@H]1OC[C@H](OC(C)=O)[C@@H](OC[2H])[C@@H]1OC(C)=O. The van der Waals surface area contributed by atoms with E-state index in [-0.39, 0.29) is 27.4 Å². The number of hydrogen-bond acceptors (Lipinski definition) is 7. The molecule has 0 unspecified atom stereocenters. The Kier molecular flexibility index (Phi) is 5.01. The molecule has 7 nitrogen and oxygen atoms in total. The van der Waals surface area contributed by atoms with Crippen LogP contribution in [0.25, 0.3) is 0 Å². The maximum Gasteiger partial charge on any atom is 0.303 e. The van der Waals surface area contributed by atoms with Crippen molar-refractivity contribution in [3.8, 4) is 0 Å². The molecule has 0 N–H and O–H groups in total. The van der Waals surface area contributed by atoms with E-state index in [0.717, 1.165) is 0 Å². The normalized spacial score (nSPS) is 32.1. The standard InChI is InChI=1S/C12H20O7/c1-7(13)18-10-6-17-9(5-15-3)12(11(10)16-4)19-8(2)14/h9-12H,5-6H2,1-4H3/t9-,10+,11-,12-/m1/s1/i3D,4D. The van der Waals surface area contributed by atoms with Crippen molar-refractivity contribution in [1.29, 1.82) is 0 Å². The minimum atomic E-state index is -0.877. The third-order valence-corrected chi connectivity index (χ3v) is 2.63. The van der Waals surface area contributed by atoms with Gasteiger partial charge in [0.05, 0.1) is 16.0 Å². The molecule has 1 aliphatic rings. The molecule has 0 radical (unpaired) electrons. The van der Waals surface area contributed by atoms with E-state index in [9.17, 15) is 9.59 Å². The van der Waals surface area contributed by atoms with E-state index in [2.05, 4.69) is 0 Å². The van der Waals surface area contributed by atoms with Gasteiger partial charge >= 0.3 is 11.9 Å². The van der Waals surface area contributed by atoms with Crippen molar-refractivity contribution < 1.29 is 36.0 Å². The second-order valence-electron chi connectivity index (χ2n) is 4.10. The Morgan fingerprint density at radius 1 is 1.21 bits per heavy atom. The van der Waals surface area contributed by atoms with Gasteiger partial charge in [-0.3, -0.25) is 9.59 Å². The molecular weight excluding hydrogens is 256 g/mol. The average Bonchev–Trinajstić information content (AvgIpc) is 2.40. The zero-order valence-electron chi connectivity index (χ0n) is 13.0. The lowest BCUT2D eigenvalue weighted by atomic mass is 9.99. The van der Waals surface area contributed by atoms with Crippen LogP contribution in [-0.2, 0) is 33.3 Å². The first-order valence-electron chi connectivity index (χ1n) is 7.14. The molecule has 19 heavy (non-hydrogen) atoms.